The van der Waals surface area contributed by atoms with Crippen LogP contribution < -0.4 is 21.5 Å². The number of aryl methyl sites for hydroxylation is 2. The highest BCUT2D eigenvalue weighted by Gasteiger charge is 2.36. The third-order valence-electron chi connectivity index (χ3n) is 6.37. The quantitative estimate of drug-likeness (QED) is 0.570. The number of nitrogens with one attached hydrogen (secondary N) is 1. The van der Waals surface area contributed by atoms with Crippen LogP contribution in [0.2, 0.25) is 0 Å². The van der Waals surface area contributed by atoms with Gasteiger partial charge in [-0.1, -0.05) is 12.1 Å². The smallest absolute Gasteiger partial charge is 0.389 e. The fraction of sp³-hybridized carbons (Fsp3) is 0.409. The maximum atomic E-state index is 13.5. The Labute approximate surface area is 190 Å². The number of alkyl halides is 3. The van der Waals surface area contributed by atoms with Crippen molar-refractivity contribution in [1.82, 2.24) is 24.0 Å². The molecule has 1 N–H and O–H groups in total. The Hall–Kier alpha value is -3.57. The molecule has 2 aliphatic heterocycles. The van der Waals surface area contributed by atoms with Crippen LogP contribution >= 0.6 is 0 Å². The lowest BCUT2D eigenvalue weighted by molar-refractivity contribution is -0.136. The standard InChI is InChI=1S/C22H22F4N6O2/c1-29-18-17(19(33)32(21(29)34)12-13-2-4-15(23)5-3-13)31(9-7-22(24,25)26)20(28-18)30-8-6-14-10-27-11-16(14)30/h2-5,11,14,27H,6-10,12H2,1H3. The summed E-state index contributed by atoms with van der Waals surface area (Å²) >= 11 is 0. The van der Waals surface area contributed by atoms with Crippen molar-refractivity contribution < 1.29 is 17.6 Å². The van der Waals surface area contributed by atoms with Crippen LogP contribution in [0, 0.1) is 11.7 Å². The summed E-state index contributed by atoms with van der Waals surface area (Å²) in [5.41, 5.74) is -0.0326. The second kappa shape index (κ2) is 8.03. The van der Waals surface area contributed by atoms with E-state index in [2.05, 4.69) is 10.3 Å². The largest absolute Gasteiger partial charge is 0.390 e. The van der Waals surface area contributed by atoms with Gasteiger partial charge in [-0.25, -0.2) is 9.18 Å². The van der Waals surface area contributed by atoms with E-state index in [1.165, 1.54) is 40.4 Å². The Morgan fingerprint density at radius 2 is 1.88 bits per heavy atom. The van der Waals surface area contributed by atoms with Gasteiger partial charge < -0.3 is 14.8 Å². The van der Waals surface area contributed by atoms with Crippen molar-refractivity contribution in [2.75, 3.05) is 18.0 Å². The molecular weight excluding hydrogens is 456 g/mol. The van der Waals surface area contributed by atoms with E-state index in [-0.39, 0.29) is 29.6 Å². The summed E-state index contributed by atoms with van der Waals surface area (Å²) in [5, 5.41) is 3.14. The van der Waals surface area contributed by atoms with E-state index in [4.69, 9.17) is 0 Å². The van der Waals surface area contributed by atoms with E-state index in [1.807, 2.05) is 11.1 Å². The molecule has 1 aromatic carbocycles. The molecule has 4 heterocycles. The van der Waals surface area contributed by atoms with Crippen LogP contribution in [0.3, 0.4) is 0 Å². The number of rotatable bonds is 5. The Bertz CT molecular complexity index is 1400. The molecule has 0 spiro atoms. The molecule has 0 aliphatic carbocycles. The summed E-state index contributed by atoms with van der Waals surface area (Å²) < 4.78 is 56.2. The lowest BCUT2D eigenvalue weighted by Gasteiger charge is -2.20. The maximum absolute atomic E-state index is 13.5. The van der Waals surface area contributed by atoms with Crippen LogP contribution in [0.5, 0.6) is 0 Å². The maximum Gasteiger partial charge on any atom is 0.390 e. The van der Waals surface area contributed by atoms with Gasteiger partial charge in [-0.3, -0.25) is 13.9 Å². The van der Waals surface area contributed by atoms with Crippen molar-refractivity contribution in [3.63, 3.8) is 0 Å². The third-order valence-corrected chi connectivity index (χ3v) is 6.37. The fourth-order valence-corrected chi connectivity index (χ4v) is 4.63. The molecule has 3 aromatic rings. The molecule has 1 saturated heterocycles. The van der Waals surface area contributed by atoms with E-state index in [9.17, 15) is 27.2 Å². The van der Waals surface area contributed by atoms with Crippen LogP contribution in [-0.2, 0) is 20.1 Å². The van der Waals surface area contributed by atoms with Gasteiger partial charge in [0.05, 0.1) is 13.0 Å². The van der Waals surface area contributed by atoms with Crippen molar-refractivity contribution in [3.05, 3.63) is 68.4 Å². The zero-order valence-corrected chi connectivity index (χ0v) is 18.3. The van der Waals surface area contributed by atoms with Gasteiger partial charge in [-0.2, -0.15) is 18.2 Å². The van der Waals surface area contributed by atoms with E-state index in [0.29, 0.717) is 12.1 Å². The van der Waals surface area contributed by atoms with Crippen molar-refractivity contribution >= 4 is 17.1 Å². The van der Waals surface area contributed by atoms with Crippen LogP contribution in [0.15, 0.2) is 45.8 Å². The van der Waals surface area contributed by atoms with Crippen molar-refractivity contribution in [1.29, 1.82) is 0 Å². The molecule has 1 atom stereocenters. The molecular formula is C22H22F4N6O2. The predicted octanol–water partition coefficient (Wildman–Crippen LogP) is 2.31. The monoisotopic (exact) mass is 478 g/mol. The van der Waals surface area contributed by atoms with Crippen LogP contribution in [-0.4, -0.2) is 38.0 Å². The molecule has 5 rings (SSSR count). The highest BCUT2D eigenvalue weighted by Crippen LogP contribution is 2.35. The summed E-state index contributed by atoms with van der Waals surface area (Å²) in [6.07, 6.45) is -2.98. The summed E-state index contributed by atoms with van der Waals surface area (Å²) in [5.74, 6) is -0.0351. The Balaban J connectivity index is 1.69. The van der Waals surface area contributed by atoms with E-state index in [0.717, 1.165) is 23.2 Å². The SMILES string of the molecule is Cn1c(=O)n(Cc2ccc(F)cc2)c(=O)c2c1nc(N1CCC3CNC=C31)n2CCC(F)(F)F. The van der Waals surface area contributed by atoms with Gasteiger partial charge >= 0.3 is 11.9 Å². The molecule has 34 heavy (non-hydrogen) atoms. The molecule has 12 heteroatoms. The zero-order chi connectivity index (χ0) is 24.2. The Morgan fingerprint density at radius 1 is 1.15 bits per heavy atom. The average Bonchev–Trinajstić information content (AvgIpc) is 3.49. The first-order chi connectivity index (χ1) is 16.1. The normalized spacial score (nSPS) is 17.9. The number of halogens is 4. The van der Waals surface area contributed by atoms with Gasteiger partial charge in [0, 0.05) is 44.5 Å². The van der Waals surface area contributed by atoms with Crippen LogP contribution in [0.4, 0.5) is 23.5 Å². The van der Waals surface area contributed by atoms with Crippen LogP contribution in [0.25, 0.3) is 11.2 Å². The van der Waals surface area contributed by atoms with Crippen molar-refractivity contribution in [2.45, 2.75) is 32.1 Å². The van der Waals surface area contributed by atoms with Gasteiger partial charge in [0.2, 0.25) is 5.95 Å². The highest BCUT2D eigenvalue weighted by atomic mass is 19.4. The number of hydrogen-bond acceptors (Lipinski definition) is 5. The number of nitrogens with zero attached hydrogens (tertiary/aromatic N) is 5. The van der Waals surface area contributed by atoms with Gasteiger partial charge in [-0.05, 0) is 24.1 Å². The number of aromatic nitrogens is 4. The minimum atomic E-state index is -4.44. The van der Waals surface area contributed by atoms with E-state index >= 15 is 0 Å². The second-order valence-electron chi connectivity index (χ2n) is 8.57. The zero-order valence-electron chi connectivity index (χ0n) is 18.3. The first-order valence-electron chi connectivity index (χ1n) is 10.9. The highest BCUT2D eigenvalue weighted by molar-refractivity contribution is 5.75. The summed E-state index contributed by atoms with van der Waals surface area (Å²) in [6.45, 7) is 0.617. The van der Waals surface area contributed by atoms with Crippen molar-refractivity contribution in [2.24, 2.45) is 13.0 Å². The number of hydrogen-bond donors (Lipinski definition) is 1. The molecule has 0 bridgehead atoms. The molecule has 180 valence electrons. The Morgan fingerprint density at radius 3 is 2.59 bits per heavy atom. The van der Waals surface area contributed by atoms with E-state index in [1.54, 1.807) is 0 Å². The minimum absolute atomic E-state index is 0.0255. The first-order valence-corrected chi connectivity index (χ1v) is 10.9. The Kier molecular flexibility index (Phi) is 5.25. The lowest BCUT2D eigenvalue weighted by atomic mass is 10.1. The molecule has 1 unspecified atom stereocenters. The number of fused-ring (bicyclic) bond motifs is 2. The summed E-state index contributed by atoms with van der Waals surface area (Å²) in [6, 6.07) is 5.31. The molecule has 0 radical (unpaired) electrons. The molecule has 8 nitrogen and oxygen atoms in total. The van der Waals surface area contributed by atoms with Gasteiger partial charge in [-0.15, -0.1) is 0 Å². The third kappa shape index (κ3) is 3.76. The molecule has 0 saturated carbocycles. The molecule has 2 aliphatic rings. The first kappa shape index (κ1) is 22.2. The summed E-state index contributed by atoms with van der Waals surface area (Å²) in [4.78, 5) is 32.8. The average molecular weight is 478 g/mol. The number of anilines is 1. The molecule has 0 amide bonds. The van der Waals surface area contributed by atoms with Crippen LogP contribution in [0.1, 0.15) is 18.4 Å². The summed E-state index contributed by atoms with van der Waals surface area (Å²) in [7, 11) is 1.43. The molecule has 2 aromatic heterocycles. The lowest BCUT2D eigenvalue weighted by Crippen LogP contribution is -2.40. The predicted molar refractivity (Wildman–Crippen MR) is 117 cm³/mol. The van der Waals surface area contributed by atoms with E-state index < -0.39 is 36.2 Å². The number of benzene rings is 1. The van der Waals surface area contributed by atoms with Gasteiger partial charge in [0.25, 0.3) is 5.56 Å². The second-order valence-corrected chi connectivity index (χ2v) is 8.57. The van der Waals surface area contributed by atoms with Crippen molar-refractivity contribution in [3.8, 4) is 0 Å². The van der Waals surface area contributed by atoms with Gasteiger partial charge in [0.1, 0.15) is 5.82 Å². The topological polar surface area (TPSA) is 77.1 Å². The minimum Gasteiger partial charge on any atom is -0.389 e. The molecule has 1 fully saturated rings. The number of imidazole rings is 1. The van der Waals surface area contributed by atoms with Gasteiger partial charge in [0.15, 0.2) is 11.2 Å². The fourth-order valence-electron chi connectivity index (χ4n) is 4.63.